The van der Waals surface area contributed by atoms with Crippen LogP contribution in [0.5, 0.6) is 5.75 Å². The van der Waals surface area contributed by atoms with Crippen LogP contribution in [0.2, 0.25) is 0 Å². The molecule has 0 saturated carbocycles. The second-order valence-electron chi connectivity index (χ2n) is 9.62. The zero-order valence-corrected chi connectivity index (χ0v) is 23.7. The predicted molar refractivity (Wildman–Crippen MR) is 137 cm³/mol. The monoisotopic (exact) mass is 681 g/mol. The van der Waals surface area contributed by atoms with Crippen LogP contribution in [0.3, 0.4) is 0 Å². The summed E-state index contributed by atoms with van der Waals surface area (Å²) in [4.78, 5) is 37.9. The average Bonchev–Trinajstić information content (AvgIpc) is 3.29. The van der Waals surface area contributed by atoms with Crippen molar-refractivity contribution in [3.8, 4) is 5.75 Å². The first-order valence-corrected chi connectivity index (χ1v) is 12.8. The molecule has 2 saturated heterocycles. The summed E-state index contributed by atoms with van der Waals surface area (Å²) in [5, 5.41) is 21.4. The molecule has 2 aromatic rings. The molecule has 2 unspecified atom stereocenters. The van der Waals surface area contributed by atoms with Crippen molar-refractivity contribution in [1.29, 1.82) is 0 Å². The number of carbonyl (C=O) groups is 3. The summed E-state index contributed by atoms with van der Waals surface area (Å²) in [6.07, 6.45) is -8.40. The smallest absolute Gasteiger partial charge is 0.486 e. The summed E-state index contributed by atoms with van der Waals surface area (Å²) in [7, 11) is 0. The van der Waals surface area contributed by atoms with E-state index in [1.54, 1.807) is 12.4 Å². The highest BCUT2D eigenvalue weighted by Crippen LogP contribution is 2.36. The Balaban J connectivity index is 0.000000413. The maximum Gasteiger partial charge on any atom is 0.490 e. The van der Waals surface area contributed by atoms with Gasteiger partial charge < -0.3 is 24.8 Å². The predicted octanol–water partition coefficient (Wildman–Crippen LogP) is 4.89. The summed E-state index contributed by atoms with van der Waals surface area (Å²) >= 11 is 0. The van der Waals surface area contributed by atoms with Crippen molar-refractivity contribution < 1.29 is 78.7 Å². The minimum absolute atomic E-state index is 0.0745. The van der Waals surface area contributed by atoms with Gasteiger partial charge in [-0.15, -0.1) is 0 Å². The number of aryl methyl sites for hydroxylation is 1. The third kappa shape index (κ3) is 15.2. The van der Waals surface area contributed by atoms with Crippen molar-refractivity contribution in [2.75, 3.05) is 19.7 Å². The molecule has 0 aromatic carbocycles. The van der Waals surface area contributed by atoms with E-state index in [9.17, 15) is 39.5 Å². The fourth-order valence-electron chi connectivity index (χ4n) is 4.01. The molecule has 0 aliphatic carbocycles. The summed E-state index contributed by atoms with van der Waals surface area (Å²) in [5.74, 6) is -7.45. The van der Waals surface area contributed by atoms with Gasteiger partial charge in [0.15, 0.2) is 0 Å². The molecule has 0 radical (unpaired) electrons. The highest BCUT2D eigenvalue weighted by atomic mass is 19.4. The molecule has 2 aliphatic heterocycles. The van der Waals surface area contributed by atoms with E-state index in [1.807, 2.05) is 25.1 Å². The second kappa shape index (κ2) is 16.9. The number of hydrogen-bond donors (Lipinski definition) is 3. The Labute approximate surface area is 254 Å². The van der Waals surface area contributed by atoms with Crippen molar-refractivity contribution >= 4 is 17.9 Å². The number of aliphatic carboxylic acids is 3. The van der Waals surface area contributed by atoms with E-state index in [4.69, 9.17) is 39.2 Å². The summed E-state index contributed by atoms with van der Waals surface area (Å²) in [5.41, 5.74) is 2.14. The Bertz CT molecular complexity index is 1220. The van der Waals surface area contributed by atoms with Gasteiger partial charge in [-0.2, -0.15) is 39.5 Å². The number of halogens is 9. The lowest BCUT2D eigenvalue weighted by Crippen LogP contribution is -2.47. The van der Waals surface area contributed by atoms with Gasteiger partial charge in [0.05, 0.1) is 24.1 Å². The fourth-order valence-corrected chi connectivity index (χ4v) is 4.01. The van der Waals surface area contributed by atoms with Crippen molar-refractivity contribution in [3.05, 3.63) is 54.1 Å². The minimum atomic E-state index is -5.08. The molecule has 2 fully saturated rings. The Morgan fingerprint density at radius 3 is 1.93 bits per heavy atom. The van der Waals surface area contributed by atoms with Gasteiger partial charge in [-0.25, -0.2) is 14.4 Å². The summed E-state index contributed by atoms with van der Waals surface area (Å²) < 4.78 is 108. The topological polar surface area (TPSA) is 159 Å². The Hall–Kier alpha value is -4.20. The van der Waals surface area contributed by atoms with Crippen LogP contribution in [0.4, 0.5) is 39.5 Å². The maximum absolute atomic E-state index is 10.6. The van der Waals surface area contributed by atoms with E-state index in [0.29, 0.717) is 6.61 Å². The van der Waals surface area contributed by atoms with E-state index >= 15 is 0 Å². The van der Waals surface area contributed by atoms with Gasteiger partial charge in [0.2, 0.25) is 0 Å². The molecular formula is C26H28F9N3O8. The Kier molecular flexibility index (Phi) is 14.6. The molecule has 2 atom stereocenters. The number of nitrogens with zero attached hydrogens (tertiary/aromatic N) is 3. The van der Waals surface area contributed by atoms with Crippen molar-refractivity contribution in [2.24, 2.45) is 0 Å². The van der Waals surface area contributed by atoms with Gasteiger partial charge in [0.1, 0.15) is 11.9 Å². The van der Waals surface area contributed by atoms with Crippen LogP contribution in [0.25, 0.3) is 0 Å². The van der Waals surface area contributed by atoms with Crippen LogP contribution in [0.15, 0.2) is 42.7 Å². The molecule has 46 heavy (non-hydrogen) atoms. The highest BCUT2D eigenvalue weighted by Gasteiger charge is 2.44. The van der Waals surface area contributed by atoms with Gasteiger partial charge >= 0.3 is 36.4 Å². The van der Waals surface area contributed by atoms with E-state index < -0.39 is 36.4 Å². The normalized spacial score (nSPS) is 19.7. The first-order chi connectivity index (χ1) is 21.0. The largest absolute Gasteiger partial charge is 0.490 e. The number of likely N-dealkylation sites (tertiary alicyclic amines) is 1. The van der Waals surface area contributed by atoms with E-state index in [0.717, 1.165) is 56.0 Å². The fraction of sp³-hybridized carbons (Fsp3) is 0.500. The first-order valence-electron chi connectivity index (χ1n) is 12.8. The Morgan fingerprint density at radius 1 is 0.935 bits per heavy atom. The van der Waals surface area contributed by atoms with E-state index in [1.165, 1.54) is 0 Å². The molecule has 0 amide bonds. The third-order valence-electron chi connectivity index (χ3n) is 5.79. The van der Waals surface area contributed by atoms with Crippen LogP contribution >= 0.6 is 0 Å². The zero-order valence-electron chi connectivity index (χ0n) is 23.7. The lowest BCUT2D eigenvalue weighted by molar-refractivity contribution is -0.193. The number of rotatable bonds is 4. The van der Waals surface area contributed by atoms with Crippen LogP contribution in [0.1, 0.15) is 30.7 Å². The van der Waals surface area contributed by atoms with E-state index in [-0.39, 0.29) is 11.7 Å². The molecule has 2 aromatic heterocycles. The highest BCUT2D eigenvalue weighted by molar-refractivity contribution is 5.73. The molecule has 20 heteroatoms. The molecule has 258 valence electrons. The van der Waals surface area contributed by atoms with Crippen molar-refractivity contribution in [1.82, 2.24) is 14.9 Å². The number of piperidine rings is 1. The number of carboxylic acids is 3. The number of aromatic nitrogens is 2. The summed E-state index contributed by atoms with van der Waals surface area (Å²) in [6, 6.07) is 10.1. The number of carboxylic acid groups (broad SMARTS) is 3. The quantitative estimate of drug-likeness (QED) is 0.378. The van der Waals surface area contributed by atoms with Crippen LogP contribution < -0.4 is 4.74 Å². The number of ether oxygens (including phenoxy) is 2. The van der Waals surface area contributed by atoms with Gasteiger partial charge in [-0.05, 0) is 50.6 Å². The molecule has 4 rings (SSSR count). The molecule has 11 nitrogen and oxygen atoms in total. The van der Waals surface area contributed by atoms with E-state index in [2.05, 4.69) is 27.0 Å². The average molecular weight is 682 g/mol. The SMILES string of the molecule is Cc1cccc(CN2CCCC3(CC(Oc4cccnc4)CO3)C2)n1.O=C(O)C(F)(F)F.O=C(O)C(F)(F)F.O=C(O)C(F)(F)F. The standard InChI is InChI=1S/C20H25N3O2.3C2HF3O2/c1-16-5-2-6-17(22-16)13-23-10-4-8-20(15-23)11-19(14-24-20)25-18-7-3-9-21-12-18;3*3-2(4,5)1(6)7/h2-3,5-7,9,12,19H,4,8,10-11,13-15H2,1H3;3*(H,6,7). The second-order valence-corrected chi connectivity index (χ2v) is 9.62. The first kappa shape index (κ1) is 39.8. The van der Waals surface area contributed by atoms with Gasteiger partial charge in [-0.3, -0.25) is 14.9 Å². The Morgan fingerprint density at radius 2 is 1.48 bits per heavy atom. The van der Waals surface area contributed by atoms with Gasteiger partial charge in [0, 0.05) is 31.4 Å². The van der Waals surface area contributed by atoms with Crippen LogP contribution in [0, 0.1) is 6.92 Å². The van der Waals surface area contributed by atoms with Gasteiger partial charge in [-0.1, -0.05) is 6.07 Å². The molecule has 1 spiro atoms. The summed E-state index contributed by atoms with van der Waals surface area (Å²) in [6.45, 7) is 5.65. The lowest BCUT2D eigenvalue weighted by atomic mass is 9.89. The number of pyridine rings is 2. The molecule has 2 aliphatic rings. The maximum atomic E-state index is 10.6. The molecule has 3 N–H and O–H groups in total. The van der Waals surface area contributed by atoms with Crippen LogP contribution in [-0.2, 0) is 25.7 Å². The molecule has 0 bridgehead atoms. The van der Waals surface area contributed by atoms with Crippen molar-refractivity contribution in [3.63, 3.8) is 0 Å². The minimum Gasteiger partial charge on any atom is -0.486 e. The lowest BCUT2D eigenvalue weighted by Gasteiger charge is -2.39. The third-order valence-corrected chi connectivity index (χ3v) is 5.79. The van der Waals surface area contributed by atoms with Gasteiger partial charge in [0.25, 0.3) is 0 Å². The number of alkyl halides is 9. The molecular weight excluding hydrogens is 653 g/mol. The zero-order chi connectivity index (χ0) is 35.3. The number of hydrogen-bond acceptors (Lipinski definition) is 8. The van der Waals surface area contributed by atoms with Crippen LogP contribution in [-0.4, -0.2) is 98.0 Å². The molecule has 4 heterocycles. The van der Waals surface area contributed by atoms with Crippen molar-refractivity contribution in [2.45, 2.75) is 63.0 Å².